The molecule has 0 unspecified atom stereocenters. The van der Waals surface area contributed by atoms with Crippen molar-refractivity contribution in [2.24, 2.45) is 0 Å². The van der Waals surface area contributed by atoms with E-state index in [1.54, 1.807) is 12.5 Å². The first-order chi connectivity index (χ1) is 4.47. The molecule has 4 nitrogen and oxygen atoms in total. The third-order valence-electron chi connectivity index (χ3n) is 1.10. The first-order valence-corrected chi connectivity index (χ1v) is 2.56. The summed E-state index contributed by atoms with van der Waals surface area (Å²) in [5.41, 5.74) is 1.59. The Hall–Kier alpha value is 0.186. The van der Waals surface area contributed by atoms with Crippen molar-refractivity contribution in [2.75, 3.05) is 0 Å². The molecule has 1 N–H and O–H groups in total. The number of aromatic amines is 1. The summed E-state index contributed by atoms with van der Waals surface area (Å²) in [6.45, 7) is 0. The summed E-state index contributed by atoms with van der Waals surface area (Å²) in [6, 6.07) is 0. The molecule has 2 rings (SSSR count). The first-order valence-electron chi connectivity index (χ1n) is 2.56. The first kappa shape index (κ1) is 8.28. The van der Waals surface area contributed by atoms with Crippen LogP contribution in [0.2, 0.25) is 0 Å². The molecule has 0 atom stereocenters. The molecule has 45 valence electrons. The van der Waals surface area contributed by atoms with Crippen LogP contribution in [0, 0.1) is 0 Å². The summed E-state index contributed by atoms with van der Waals surface area (Å²) >= 11 is 0. The molecule has 0 spiro atoms. The molecule has 1 radical (unpaired) electrons. The van der Waals surface area contributed by atoms with Crippen molar-refractivity contribution in [3.8, 4) is 0 Å². The molecule has 2 aromatic rings. The molecule has 0 saturated heterocycles. The SMILES string of the molecule is [K].c1ncc2[nH]cnc2n1. The van der Waals surface area contributed by atoms with Crippen molar-refractivity contribution in [3.05, 3.63) is 18.9 Å². The fourth-order valence-electron chi connectivity index (χ4n) is 0.691. The zero-order valence-electron chi connectivity index (χ0n) is 5.57. The second-order valence-corrected chi connectivity index (χ2v) is 1.66. The van der Waals surface area contributed by atoms with E-state index in [9.17, 15) is 0 Å². The van der Waals surface area contributed by atoms with Crippen LogP contribution in [-0.2, 0) is 0 Å². The Balaban J connectivity index is 0.000000500. The molecule has 10 heavy (non-hydrogen) atoms. The van der Waals surface area contributed by atoms with Gasteiger partial charge in [0.15, 0.2) is 5.65 Å². The predicted octanol–water partition coefficient (Wildman–Crippen LogP) is -0.0279. The van der Waals surface area contributed by atoms with Gasteiger partial charge in [-0.15, -0.1) is 0 Å². The minimum absolute atomic E-state index is 0. The number of rotatable bonds is 0. The monoisotopic (exact) mass is 159 g/mol. The zero-order valence-corrected chi connectivity index (χ0v) is 8.70. The Morgan fingerprint density at radius 3 is 3.00 bits per heavy atom. The van der Waals surface area contributed by atoms with Gasteiger partial charge in [-0.3, -0.25) is 0 Å². The van der Waals surface area contributed by atoms with Crippen molar-refractivity contribution >= 4 is 62.5 Å². The number of aromatic nitrogens is 4. The van der Waals surface area contributed by atoms with Crippen LogP contribution in [0.1, 0.15) is 0 Å². The quantitative estimate of drug-likeness (QED) is 0.549. The number of H-pyrrole nitrogens is 1. The second-order valence-electron chi connectivity index (χ2n) is 1.66. The molecule has 2 heterocycles. The van der Waals surface area contributed by atoms with Crippen molar-refractivity contribution in [3.63, 3.8) is 0 Å². The maximum atomic E-state index is 3.91. The molecule has 0 saturated carbocycles. The number of hydrogen-bond donors (Lipinski definition) is 1. The molecule has 0 aliphatic rings. The summed E-state index contributed by atoms with van der Waals surface area (Å²) in [5, 5.41) is 0. The van der Waals surface area contributed by atoms with Gasteiger partial charge in [-0.2, -0.15) is 0 Å². The van der Waals surface area contributed by atoms with E-state index >= 15 is 0 Å². The summed E-state index contributed by atoms with van der Waals surface area (Å²) < 4.78 is 0. The van der Waals surface area contributed by atoms with Crippen LogP contribution in [-0.4, -0.2) is 71.3 Å². The largest absolute Gasteiger partial charge is 0.342 e. The Morgan fingerprint density at radius 1 is 1.30 bits per heavy atom. The molecule has 0 aliphatic heterocycles. The summed E-state index contributed by atoms with van der Waals surface area (Å²) in [4.78, 5) is 14.5. The average Bonchev–Trinajstić information content (AvgIpc) is 2.33. The third-order valence-corrected chi connectivity index (χ3v) is 1.10. The second kappa shape index (κ2) is 3.54. The van der Waals surface area contributed by atoms with Crippen LogP contribution < -0.4 is 0 Å². The Morgan fingerprint density at radius 2 is 2.20 bits per heavy atom. The van der Waals surface area contributed by atoms with Gasteiger partial charge in [0, 0.05) is 51.4 Å². The summed E-state index contributed by atoms with van der Waals surface area (Å²) in [7, 11) is 0. The number of hydrogen-bond acceptors (Lipinski definition) is 3. The van der Waals surface area contributed by atoms with Crippen molar-refractivity contribution in [1.82, 2.24) is 19.9 Å². The van der Waals surface area contributed by atoms with Gasteiger partial charge in [0.2, 0.25) is 0 Å². The van der Waals surface area contributed by atoms with E-state index in [2.05, 4.69) is 19.9 Å². The molecule has 0 aromatic carbocycles. The van der Waals surface area contributed by atoms with Gasteiger partial charge in [0.1, 0.15) is 11.8 Å². The van der Waals surface area contributed by atoms with Gasteiger partial charge in [-0.1, -0.05) is 0 Å². The summed E-state index contributed by atoms with van der Waals surface area (Å²) in [5.74, 6) is 0. The van der Waals surface area contributed by atoms with Gasteiger partial charge in [-0.25, -0.2) is 15.0 Å². The minimum atomic E-state index is 0. The molecule has 0 bridgehead atoms. The molecule has 0 aliphatic carbocycles. The maximum Gasteiger partial charge on any atom is 0.180 e. The Kier molecular flexibility index (Phi) is 2.93. The van der Waals surface area contributed by atoms with Gasteiger partial charge >= 0.3 is 0 Å². The van der Waals surface area contributed by atoms with E-state index in [0.717, 1.165) is 5.52 Å². The van der Waals surface area contributed by atoms with Crippen molar-refractivity contribution < 1.29 is 0 Å². The van der Waals surface area contributed by atoms with Gasteiger partial charge < -0.3 is 4.98 Å². The van der Waals surface area contributed by atoms with Crippen LogP contribution in [0.3, 0.4) is 0 Å². The number of fused-ring (bicyclic) bond motifs is 1. The molecule has 2 aromatic heterocycles. The van der Waals surface area contributed by atoms with Crippen LogP contribution in [0.25, 0.3) is 11.2 Å². The van der Waals surface area contributed by atoms with Gasteiger partial charge in [0.05, 0.1) is 12.5 Å². The number of imidazole rings is 1. The topological polar surface area (TPSA) is 54.5 Å². The number of nitrogens with one attached hydrogen (secondary N) is 1. The zero-order chi connectivity index (χ0) is 6.10. The number of nitrogens with zero attached hydrogens (tertiary/aromatic N) is 3. The average molecular weight is 159 g/mol. The van der Waals surface area contributed by atoms with Crippen LogP contribution in [0.4, 0.5) is 0 Å². The van der Waals surface area contributed by atoms with E-state index < -0.39 is 0 Å². The normalized spacial score (nSPS) is 9.20. The smallest absolute Gasteiger partial charge is 0.180 e. The van der Waals surface area contributed by atoms with E-state index in [0.29, 0.717) is 5.65 Å². The summed E-state index contributed by atoms with van der Waals surface area (Å²) in [6.07, 6.45) is 4.76. The van der Waals surface area contributed by atoms with E-state index in [-0.39, 0.29) is 51.4 Å². The van der Waals surface area contributed by atoms with Crippen molar-refractivity contribution in [2.45, 2.75) is 0 Å². The Labute approximate surface area is 99.9 Å². The minimum Gasteiger partial charge on any atom is -0.342 e. The van der Waals surface area contributed by atoms with E-state index in [1.807, 2.05) is 0 Å². The fourth-order valence-corrected chi connectivity index (χ4v) is 0.691. The van der Waals surface area contributed by atoms with E-state index in [4.69, 9.17) is 0 Å². The van der Waals surface area contributed by atoms with Crippen molar-refractivity contribution in [1.29, 1.82) is 0 Å². The van der Waals surface area contributed by atoms with Gasteiger partial charge in [0.25, 0.3) is 0 Å². The molecule has 0 amide bonds. The molecular weight excluding hydrogens is 155 g/mol. The molecule has 0 fully saturated rings. The molecular formula is C5H4KN4. The predicted molar refractivity (Wildman–Crippen MR) is 37.4 cm³/mol. The third kappa shape index (κ3) is 1.43. The van der Waals surface area contributed by atoms with Crippen LogP contribution in [0.15, 0.2) is 18.9 Å². The maximum absolute atomic E-state index is 3.91. The molecule has 5 heteroatoms. The Bertz CT molecular complexity index is 288. The van der Waals surface area contributed by atoms with Crippen LogP contribution >= 0.6 is 0 Å². The van der Waals surface area contributed by atoms with Crippen LogP contribution in [0.5, 0.6) is 0 Å². The fraction of sp³-hybridized carbons (Fsp3) is 0. The van der Waals surface area contributed by atoms with E-state index in [1.165, 1.54) is 6.33 Å². The van der Waals surface area contributed by atoms with Gasteiger partial charge in [-0.05, 0) is 0 Å². The standard InChI is InChI=1S/C5H4N4.K/c1-4-5(8-2-6-1)9-3-7-4;/h1-3H,(H,6,7,8,9);.